The number of nitrogens with one attached hydrogen (secondary N) is 1. The average Bonchev–Trinajstić information content (AvgIpc) is 2.54. The van der Waals surface area contributed by atoms with Crippen LogP contribution in [0.15, 0.2) is 55.1 Å². The average molecular weight is 323 g/mol. The van der Waals surface area contributed by atoms with Gasteiger partial charge in [0.1, 0.15) is 12.4 Å². The van der Waals surface area contributed by atoms with Gasteiger partial charge in [-0.15, -0.1) is 0 Å². The van der Waals surface area contributed by atoms with E-state index in [2.05, 4.69) is 32.7 Å². The molecule has 0 atom stereocenters. The van der Waals surface area contributed by atoms with Crippen molar-refractivity contribution in [2.45, 2.75) is 33.1 Å². The fourth-order valence-electron chi connectivity index (χ4n) is 2.32. The molecule has 0 aliphatic rings. The van der Waals surface area contributed by atoms with Gasteiger partial charge in [-0.25, -0.2) is 0 Å². The molecular formula is C21H25NO2. The molecule has 3 nitrogen and oxygen atoms in total. The van der Waals surface area contributed by atoms with Crippen molar-refractivity contribution in [3.05, 3.63) is 71.8 Å². The summed E-state index contributed by atoms with van der Waals surface area (Å²) in [5.41, 5.74) is 3.62. The van der Waals surface area contributed by atoms with E-state index in [4.69, 9.17) is 4.74 Å². The zero-order valence-corrected chi connectivity index (χ0v) is 14.8. The second-order valence-electron chi connectivity index (χ2n) is 6.88. The molecule has 0 spiro atoms. The van der Waals surface area contributed by atoms with Gasteiger partial charge < -0.3 is 10.1 Å². The highest BCUT2D eigenvalue weighted by Gasteiger charge is 2.15. The Bertz CT molecular complexity index is 724. The number of hydrogen-bond donors (Lipinski definition) is 1. The highest BCUT2D eigenvalue weighted by molar-refractivity contribution is 6.05. The van der Waals surface area contributed by atoms with Gasteiger partial charge in [0.2, 0.25) is 0 Å². The van der Waals surface area contributed by atoms with Gasteiger partial charge in [0.25, 0.3) is 5.91 Å². The van der Waals surface area contributed by atoms with Gasteiger partial charge in [-0.2, -0.15) is 0 Å². The number of anilines is 1. The molecule has 0 heterocycles. The maximum atomic E-state index is 12.5. The van der Waals surface area contributed by atoms with Gasteiger partial charge in [0, 0.05) is 5.56 Å². The number of rotatable bonds is 5. The van der Waals surface area contributed by atoms with Crippen LogP contribution in [0.4, 0.5) is 5.69 Å². The molecule has 0 bridgehead atoms. The molecule has 24 heavy (non-hydrogen) atoms. The van der Waals surface area contributed by atoms with Crippen LogP contribution >= 0.6 is 0 Å². The lowest BCUT2D eigenvalue weighted by Gasteiger charge is -2.19. The smallest absolute Gasteiger partial charge is 0.255 e. The van der Waals surface area contributed by atoms with Gasteiger partial charge in [-0.05, 0) is 47.7 Å². The van der Waals surface area contributed by atoms with Crippen LogP contribution in [0.3, 0.4) is 0 Å². The Hall–Kier alpha value is -2.55. The molecule has 1 N–H and O–H groups in total. The van der Waals surface area contributed by atoms with Crippen molar-refractivity contribution >= 4 is 11.6 Å². The Morgan fingerprint density at radius 3 is 2.42 bits per heavy atom. The maximum absolute atomic E-state index is 12.5. The van der Waals surface area contributed by atoms with Gasteiger partial charge >= 0.3 is 0 Å². The summed E-state index contributed by atoms with van der Waals surface area (Å²) in [6, 6.07) is 13.4. The van der Waals surface area contributed by atoms with E-state index in [1.54, 1.807) is 6.08 Å². The first-order chi connectivity index (χ1) is 11.3. The summed E-state index contributed by atoms with van der Waals surface area (Å²) < 4.78 is 5.63. The second kappa shape index (κ2) is 7.35. The molecule has 126 valence electrons. The van der Waals surface area contributed by atoms with Crippen LogP contribution in [0.5, 0.6) is 5.75 Å². The van der Waals surface area contributed by atoms with Crippen molar-refractivity contribution in [1.82, 2.24) is 0 Å². The molecule has 0 saturated carbocycles. The Kier molecular flexibility index (Phi) is 5.45. The quantitative estimate of drug-likeness (QED) is 0.777. The highest BCUT2D eigenvalue weighted by atomic mass is 16.5. The van der Waals surface area contributed by atoms with Gasteiger partial charge in [-0.1, -0.05) is 51.6 Å². The van der Waals surface area contributed by atoms with E-state index in [0.29, 0.717) is 23.6 Å². The van der Waals surface area contributed by atoms with E-state index in [1.807, 2.05) is 49.4 Å². The van der Waals surface area contributed by atoms with Crippen molar-refractivity contribution < 1.29 is 9.53 Å². The first-order valence-corrected chi connectivity index (χ1v) is 8.07. The summed E-state index contributed by atoms with van der Waals surface area (Å²) in [5, 5.41) is 2.92. The van der Waals surface area contributed by atoms with Gasteiger partial charge in [-0.3, -0.25) is 4.79 Å². The van der Waals surface area contributed by atoms with E-state index in [-0.39, 0.29) is 11.3 Å². The number of benzene rings is 2. The van der Waals surface area contributed by atoms with Crippen molar-refractivity contribution in [1.29, 1.82) is 0 Å². The standard InChI is InChI=1S/C21H25NO2/c1-6-13-24-19-14-15(2)7-12-18(19)22-20(23)16-8-10-17(11-9-16)21(3,4)5/h6-12,14H,1,13H2,2-5H3,(H,22,23). The summed E-state index contributed by atoms with van der Waals surface area (Å²) in [6.45, 7) is 12.5. The lowest BCUT2D eigenvalue weighted by Crippen LogP contribution is -2.15. The summed E-state index contributed by atoms with van der Waals surface area (Å²) in [4.78, 5) is 12.5. The van der Waals surface area contributed by atoms with Gasteiger partial charge in [0.15, 0.2) is 0 Å². The van der Waals surface area contributed by atoms with Crippen molar-refractivity contribution in [3.8, 4) is 5.75 Å². The molecule has 0 saturated heterocycles. The molecule has 0 unspecified atom stereocenters. The second-order valence-corrected chi connectivity index (χ2v) is 6.88. The van der Waals surface area contributed by atoms with Crippen LogP contribution in [0, 0.1) is 6.92 Å². The molecular weight excluding hydrogens is 298 g/mol. The van der Waals surface area contributed by atoms with E-state index in [9.17, 15) is 4.79 Å². The molecule has 3 heteroatoms. The molecule has 0 fully saturated rings. The topological polar surface area (TPSA) is 38.3 Å². The van der Waals surface area contributed by atoms with E-state index in [1.165, 1.54) is 5.56 Å². The van der Waals surface area contributed by atoms with E-state index < -0.39 is 0 Å². The third-order valence-corrected chi connectivity index (χ3v) is 3.76. The first-order valence-electron chi connectivity index (χ1n) is 8.07. The molecule has 2 aromatic rings. The maximum Gasteiger partial charge on any atom is 0.255 e. The molecule has 1 amide bonds. The van der Waals surface area contributed by atoms with E-state index >= 15 is 0 Å². The fourth-order valence-corrected chi connectivity index (χ4v) is 2.32. The van der Waals surface area contributed by atoms with Crippen molar-refractivity contribution in [2.75, 3.05) is 11.9 Å². The summed E-state index contributed by atoms with van der Waals surface area (Å²) >= 11 is 0. The van der Waals surface area contributed by atoms with Gasteiger partial charge in [0.05, 0.1) is 5.69 Å². The lowest BCUT2D eigenvalue weighted by molar-refractivity contribution is 0.102. The molecule has 0 aliphatic carbocycles. The summed E-state index contributed by atoms with van der Waals surface area (Å²) in [5.74, 6) is 0.498. The number of carbonyl (C=O) groups is 1. The minimum atomic E-state index is -0.150. The lowest BCUT2D eigenvalue weighted by atomic mass is 9.87. The first kappa shape index (κ1) is 17.8. The number of amides is 1. The molecule has 0 aromatic heterocycles. The van der Waals surface area contributed by atoms with Crippen LogP contribution in [0.25, 0.3) is 0 Å². The zero-order chi connectivity index (χ0) is 17.7. The van der Waals surface area contributed by atoms with E-state index in [0.717, 1.165) is 5.56 Å². The molecule has 0 radical (unpaired) electrons. The molecule has 2 rings (SSSR count). The Labute approximate surface area is 144 Å². The van der Waals surface area contributed by atoms with Crippen LogP contribution < -0.4 is 10.1 Å². The monoisotopic (exact) mass is 323 g/mol. The van der Waals surface area contributed by atoms with Crippen LogP contribution in [-0.2, 0) is 5.41 Å². The van der Waals surface area contributed by atoms with Crippen LogP contribution in [0.1, 0.15) is 42.3 Å². The molecule has 2 aromatic carbocycles. The number of aryl methyl sites for hydroxylation is 1. The summed E-state index contributed by atoms with van der Waals surface area (Å²) in [7, 11) is 0. The largest absolute Gasteiger partial charge is 0.487 e. The number of hydrogen-bond acceptors (Lipinski definition) is 2. The zero-order valence-electron chi connectivity index (χ0n) is 14.8. The normalized spacial score (nSPS) is 11.0. The van der Waals surface area contributed by atoms with Crippen LogP contribution in [-0.4, -0.2) is 12.5 Å². The van der Waals surface area contributed by atoms with Crippen molar-refractivity contribution in [3.63, 3.8) is 0 Å². The third-order valence-electron chi connectivity index (χ3n) is 3.76. The fraction of sp³-hybridized carbons (Fsp3) is 0.286. The minimum Gasteiger partial charge on any atom is -0.487 e. The number of ether oxygens (including phenoxy) is 1. The number of carbonyl (C=O) groups excluding carboxylic acids is 1. The minimum absolute atomic E-state index is 0.0671. The SMILES string of the molecule is C=CCOc1cc(C)ccc1NC(=O)c1ccc(C(C)(C)C)cc1. The Balaban J connectivity index is 2.19. The highest BCUT2D eigenvalue weighted by Crippen LogP contribution is 2.27. The Morgan fingerprint density at radius 1 is 1.17 bits per heavy atom. The van der Waals surface area contributed by atoms with Crippen molar-refractivity contribution in [2.24, 2.45) is 0 Å². The third kappa shape index (κ3) is 4.48. The predicted octanol–water partition coefficient (Wildman–Crippen LogP) is 5.11. The van der Waals surface area contributed by atoms with Crippen LogP contribution in [0.2, 0.25) is 0 Å². The molecule has 0 aliphatic heterocycles. The Morgan fingerprint density at radius 2 is 1.83 bits per heavy atom. The summed E-state index contributed by atoms with van der Waals surface area (Å²) in [6.07, 6.45) is 1.68. The predicted molar refractivity (Wildman–Crippen MR) is 100.0 cm³/mol.